The van der Waals surface area contributed by atoms with Gasteiger partial charge in [-0.3, -0.25) is 14.9 Å². The molecule has 28 heavy (non-hydrogen) atoms. The molecule has 0 fully saturated rings. The van der Waals surface area contributed by atoms with Gasteiger partial charge in [0, 0.05) is 23.5 Å². The van der Waals surface area contributed by atoms with Crippen LogP contribution in [-0.4, -0.2) is 26.8 Å². The van der Waals surface area contributed by atoms with Crippen molar-refractivity contribution in [3.63, 3.8) is 0 Å². The highest BCUT2D eigenvalue weighted by molar-refractivity contribution is 7.14. The molecule has 0 aliphatic rings. The van der Waals surface area contributed by atoms with E-state index in [0.717, 1.165) is 23.5 Å². The topological polar surface area (TPSA) is 96.9 Å². The van der Waals surface area contributed by atoms with Crippen molar-refractivity contribution in [1.82, 2.24) is 15.0 Å². The molecule has 11 heteroatoms. The monoisotopic (exact) mass is 407 g/mol. The first-order valence-corrected chi connectivity index (χ1v) is 8.69. The number of carbonyl (C=O) groups excluding carboxylic acids is 2. The molecule has 0 aliphatic carbocycles. The van der Waals surface area contributed by atoms with Crippen molar-refractivity contribution < 1.29 is 22.8 Å². The van der Waals surface area contributed by atoms with Crippen molar-refractivity contribution in [1.29, 1.82) is 0 Å². The number of hydrogen-bond acceptors (Lipinski definition) is 6. The highest BCUT2D eigenvalue weighted by Gasteiger charge is 2.30. The molecular weight excluding hydrogens is 395 g/mol. The summed E-state index contributed by atoms with van der Waals surface area (Å²) in [4.78, 5) is 35.7. The van der Waals surface area contributed by atoms with Gasteiger partial charge in [0.05, 0.1) is 17.7 Å². The smallest absolute Gasteiger partial charge is 0.326 e. The third kappa shape index (κ3) is 5.10. The number of carbonyl (C=O) groups is 2. The number of alkyl halides is 3. The summed E-state index contributed by atoms with van der Waals surface area (Å²) in [5.41, 5.74) is -0.462. The predicted octanol–water partition coefficient (Wildman–Crippen LogP) is 3.39. The van der Waals surface area contributed by atoms with E-state index in [4.69, 9.17) is 0 Å². The van der Waals surface area contributed by atoms with Crippen molar-refractivity contribution in [2.75, 3.05) is 10.6 Å². The van der Waals surface area contributed by atoms with E-state index in [-0.39, 0.29) is 23.1 Å². The van der Waals surface area contributed by atoms with Crippen LogP contribution in [0, 0.1) is 0 Å². The average molecular weight is 407 g/mol. The molecular formula is C17H12F3N5O2S. The number of aromatic nitrogens is 3. The molecule has 2 amide bonds. The Morgan fingerprint density at radius 3 is 2.54 bits per heavy atom. The molecule has 3 aromatic rings. The molecule has 2 N–H and O–H groups in total. The molecule has 2 heterocycles. The molecule has 3 rings (SSSR count). The molecule has 0 saturated heterocycles. The predicted molar refractivity (Wildman–Crippen MR) is 95.9 cm³/mol. The van der Waals surface area contributed by atoms with Gasteiger partial charge in [-0.05, 0) is 24.3 Å². The standard InChI is InChI=1S/C17H12F3N5O2S/c18-17(19,20)10-3-1-4-11(7-10)23-13(26)8-12-9-28-16(24-12)25-15(27)14-21-5-2-6-22-14/h1-7,9H,8H2,(H,23,26)(H,24,25,27). The van der Waals surface area contributed by atoms with E-state index in [0.29, 0.717) is 5.69 Å². The summed E-state index contributed by atoms with van der Waals surface area (Å²) in [6.07, 6.45) is -1.81. The molecule has 0 aliphatic heterocycles. The number of halogens is 3. The molecule has 1 aromatic carbocycles. The molecule has 0 atom stereocenters. The first kappa shape index (κ1) is 19.4. The first-order valence-electron chi connectivity index (χ1n) is 7.81. The van der Waals surface area contributed by atoms with Crippen molar-refractivity contribution in [2.24, 2.45) is 0 Å². The van der Waals surface area contributed by atoms with Gasteiger partial charge in [-0.1, -0.05) is 6.07 Å². The fraction of sp³-hybridized carbons (Fsp3) is 0.118. The summed E-state index contributed by atoms with van der Waals surface area (Å²) in [5.74, 6) is -1.11. The van der Waals surface area contributed by atoms with Gasteiger partial charge >= 0.3 is 6.18 Å². The molecule has 2 aromatic heterocycles. The SMILES string of the molecule is O=C(Cc1csc(NC(=O)c2ncccn2)n1)Nc1cccc(C(F)(F)F)c1. The van der Waals surface area contributed by atoms with Gasteiger partial charge in [0.15, 0.2) is 5.13 Å². The third-order valence-electron chi connectivity index (χ3n) is 3.36. The zero-order valence-corrected chi connectivity index (χ0v) is 14.8. The lowest BCUT2D eigenvalue weighted by Crippen LogP contribution is -2.16. The lowest BCUT2D eigenvalue weighted by molar-refractivity contribution is -0.137. The molecule has 144 valence electrons. The van der Waals surface area contributed by atoms with E-state index < -0.39 is 23.6 Å². The van der Waals surface area contributed by atoms with Crippen LogP contribution in [0.5, 0.6) is 0 Å². The van der Waals surface area contributed by atoms with Crippen LogP contribution in [0.4, 0.5) is 24.0 Å². The summed E-state index contributed by atoms with van der Waals surface area (Å²) < 4.78 is 38.2. The van der Waals surface area contributed by atoms with Crippen molar-refractivity contribution in [3.05, 3.63) is 65.2 Å². The van der Waals surface area contributed by atoms with Gasteiger partial charge in [-0.2, -0.15) is 13.2 Å². The van der Waals surface area contributed by atoms with E-state index in [1.165, 1.54) is 24.5 Å². The summed E-state index contributed by atoms with van der Waals surface area (Å²) in [7, 11) is 0. The Labute approximate surface area is 160 Å². The van der Waals surface area contributed by atoms with Gasteiger partial charge in [-0.25, -0.2) is 15.0 Å². The van der Waals surface area contributed by atoms with Crippen LogP contribution in [-0.2, 0) is 17.4 Å². The van der Waals surface area contributed by atoms with Crippen LogP contribution in [0.1, 0.15) is 21.9 Å². The van der Waals surface area contributed by atoms with Crippen LogP contribution in [0.25, 0.3) is 0 Å². The lowest BCUT2D eigenvalue weighted by Gasteiger charge is -2.09. The van der Waals surface area contributed by atoms with E-state index in [1.807, 2.05) is 0 Å². The second-order valence-corrected chi connectivity index (χ2v) is 6.33. The van der Waals surface area contributed by atoms with Crippen LogP contribution in [0.3, 0.4) is 0 Å². The number of anilines is 2. The second-order valence-electron chi connectivity index (χ2n) is 5.47. The van der Waals surface area contributed by atoms with Crippen LogP contribution in [0.15, 0.2) is 48.1 Å². The Hall–Kier alpha value is -3.34. The molecule has 0 radical (unpaired) electrons. The molecule has 0 unspecified atom stereocenters. The lowest BCUT2D eigenvalue weighted by atomic mass is 10.2. The minimum Gasteiger partial charge on any atom is -0.326 e. The zero-order valence-electron chi connectivity index (χ0n) is 14.0. The number of nitrogens with zero attached hydrogens (tertiary/aromatic N) is 3. The Balaban J connectivity index is 1.59. The summed E-state index contributed by atoms with van der Waals surface area (Å²) in [6, 6.07) is 5.91. The van der Waals surface area contributed by atoms with Crippen LogP contribution >= 0.6 is 11.3 Å². The molecule has 0 spiro atoms. The number of thiazole rings is 1. The Bertz CT molecular complexity index is 992. The maximum Gasteiger partial charge on any atom is 0.416 e. The normalized spacial score (nSPS) is 11.1. The van der Waals surface area contributed by atoms with Gasteiger partial charge in [0.2, 0.25) is 11.7 Å². The summed E-state index contributed by atoms with van der Waals surface area (Å²) >= 11 is 1.10. The highest BCUT2D eigenvalue weighted by atomic mass is 32.1. The Morgan fingerprint density at radius 2 is 1.82 bits per heavy atom. The Kier molecular flexibility index (Phi) is 5.64. The molecule has 0 saturated carbocycles. The van der Waals surface area contributed by atoms with E-state index in [1.54, 1.807) is 11.4 Å². The highest BCUT2D eigenvalue weighted by Crippen LogP contribution is 2.30. The van der Waals surface area contributed by atoms with Gasteiger partial charge in [0.1, 0.15) is 0 Å². The molecule has 0 bridgehead atoms. The molecule has 7 nitrogen and oxygen atoms in total. The number of rotatable bonds is 5. The number of benzene rings is 1. The minimum atomic E-state index is -4.49. The van der Waals surface area contributed by atoms with E-state index in [9.17, 15) is 22.8 Å². The van der Waals surface area contributed by atoms with Gasteiger partial charge in [0.25, 0.3) is 5.91 Å². The number of hydrogen-bond donors (Lipinski definition) is 2. The summed E-state index contributed by atoms with van der Waals surface area (Å²) in [6.45, 7) is 0. The second kappa shape index (κ2) is 8.13. The van der Waals surface area contributed by atoms with Crippen LogP contribution < -0.4 is 10.6 Å². The fourth-order valence-corrected chi connectivity index (χ4v) is 2.86. The van der Waals surface area contributed by atoms with E-state index in [2.05, 4.69) is 25.6 Å². The minimum absolute atomic E-state index is 0.0264. The zero-order chi connectivity index (χ0) is 20.1. The largest absolute Gasteiger partial charge is 0.416 e. The number of amides is 2. The van der Waals surface area contributed by atoms with Crippen molar-refractivity contribution in [3.8, 4) is 0 Å². The Morgan fingerprint density at radius 1 is 1.07 bits per heavy atom. The third-order valence-corrected chi connectivity index (χ3v) is 4.16. The van der Waals surface area contributed by atoms with Crippen molar-refractivity contribution >= 4 is 34.0 Å². The van der Waals surface area contributed by atoms with Gasteiger partial charge < -0.3 is 5.32 Å². The maximum atomic E-state index is 12.7. The quantitative estimate of drug-likeness (QED) is 0.676. The first-order chi connectivity index (χ1) is 13.3. The van der Waals surface area contributed by atoms with E-state index >= 15 is 0 Å². The van der Waals surface area contributed by atoms with Crippen LogP contribution in [0.2, 0.25) is 0 Å². The summed E-state index contributed by atoms with van der Waals surface area (Å²) in [5, 5.41) is 6.72. The maximum absolute atomic E-state index is 12.7. The van der Waals surface area contributed by atoms with Gasteiger partial charge in [-0.15, -0.1) is 11.3 Å². The number of nitrogens with one attached hydrogen (secondary N) is 2. The van der Waals surface area contributed by atoms with Crippen molar-refractivity contribution in [2.45, 2.75) is 12.6 Å². The fourth-order valence-electron chi connectivity index (χ4n) is 2.16. The average Bonchev–Trinajstić information content (AvgIpc) is 3.08.